The van der Waals surface area contributed by atoms with E-state index in [4.69, 9.17) is 0 Å². The molecule has 6 nitrogen and oxygen atoms in total. The van der Waals surface area contributed by atoms with Crippen molar-refractivity contribution in [1.82, 2.24) is 0 Å². The van der Waals surface area contributed by atoms with Gasteiger partial charge in [0.25, 0.3) is 0 Å². The molecule has 0 unspecified atom stereocenters. The number of hydrogen-bond donors (Lipinski definition) is 5. The fourth-order valence-corrected chi connectivity index (χ4v) is 15.5. The second-order valence-corrected chi connectivity index (χ2v) is 18.9. The van der Waals surface area contributed by atoms with Crippen LogP contribution in [0.15, 0.2) is 23.8 Å². The van der Waals surface area contributed by atoms with Crippen molar-refractivity contribution in [2.24, 2.45) is 61.6 Å². The molecule has 15 atom stereocenters. The molecule has 9 aliphatic rings. The van der Waals surface area contributed by atoms with Gasteiger partial charge in [-0.05, 0) is 115 Å². The lowest BCUT2D eigenvalue weighted by Crippen LogP contribution is -2.78. The lowest BCUT2D eigenvalue weighted by molar-refractivity contribution is -0.290. The summed E-state index contributed by atoms with van der Waals surface area (Å²) in [5.41, 5.74) is -3.70. The zero-order valence-electron chi connectivity index (χ0n) is 28.6. The summed E-state index contributed by atoms with van der Waals surface area (Å²) in [6, 6.07) is 0. The Morgan fingerprint density at radius 3 is 2.50 bits per heavy atom. The zero-order chi connectivity index (χ0) is 32.9. The third-order valence-corrected chi connectivity index (χ3v) is 17.3. The maximum Gasteiger partial charge on any atom is 0.159 e. The number of hydrogen-bond acceptors (Lipinski definition) is 6. The Bertz CT molecular complexity index is 1480. The molecule has 46 heavy (non-hydrogen) atoms. The first-order chi connectivity index (χ1) is 21.5. The molecule has 2 bridgehead atoms. The van der Waals surface area contributed by atoms with E-state index in [1.165, 1.54) is 0 Å². The number of carbonyl (C=O) groups excluding carboxylic acids is 1. The molecule has 0 aromatic heterocycles. The Morgan fingerprint density at radius 1 is 1.00 bits per heavy atom. The van der Waals surface area contributed by atoms with Gasteiger partial charge in [0.2, 0.25) is 0 Å². The predicted octanol–water partition coefficient (Wildman–Crippen LogP) is 5.11. The van der Waals surface area contributed by atoms with Crippen molar-refractivity contribution >= 4 is 5.78 Å². The van der Waals surface area contributed by atoms with Crippen molar-refractivity contribution in [3.05, 3.63) is 23.8 Å². The van der Waals surface area contributed by atoms with Gasteiger partial charge in [-0.25, -0.2) is 0 Å². The number of rotatable bonds is 2. The van der Waals surface area contributed by atoms with Crippen LogP contribution in [0, 0.1) is 73.4 Å². The Labute approximate surface area is 275 Å². The molecular formula is C40H56O6. The normalized spacial score (nSPS) is 58.8. The van der Waals surface area contributed by atoms with Crippen molar-refractivity contribution in [2.45, 2.75) is 136 Å². The van der Waals surface area contributed by atoms with Crippen LogP contribution in [0.1, 0.15) is 112 Å². The minimum Gasteiger partial charge on any atom is -0.394 e. The fraction of sp³-hybridized carbons (Fsp3) is 0.825. The number of ketones is 1. The molecule has 0 aromatic rings. The quantitative estimate of drug-likeness (QED) is 0.214. The molecule has 0 aliphatic heterocycles. The van der Waals surface area contributed by atoms with E-state index in [2.05, 4.69) is 51.7 Å². The van der Waals surface area contributed by atoms with Crippen LogP contribution >= 0.6 is 0 Å². The summed E-state index contributed by atoms with van der Waals surface area (Å²) in [6.07, 6.45) is 13.2. The van der Waals surface area contributed by atoms with Gasteiger partial charge in [-0.15, -0.1) is 5.92 Å². The third-order valence-electron chi connectivity index (χ3n) is 17.3. The summed E-state index contributed by atoms with van der Waals surface area (Å²) in [5.74, 6) is 6.41. The Morgan fingerprint density at radius 2 is 1.76 bits per heavy atom. The number of fused-ring (bicyclic) bond motifs is 8. The monoisotopic (exact) mass is 632 g/mol. The van der Waals surface area contributed by atoms with Gasteiger partial charge >= 0.3 is 0 Å². The van der Waals surface area contributed by atoms with E-state index >= 15 is 4.79 Å². The highest BCUT2D eigenvalue weighted by Gasteiger charge is 2.81. The molecule has 9 rings (SSSR count). The summed E-state index contributed by atoms with van der Waals surface area (Å²) in [6.45, 7) is 10.7. The highest BCUT2D eigenvalue weighted by Crippen LogP contribution is 2.83. The van der Waals surface area contributed by atoms with Gasteiger partial charge in [-0.2, -0.15) is 0 Å². The summed E-state index contributed by atoms with van der Waals surface area (Å²) < 4.78 is 0. The highest BCUT2D eigenvalue weighted by atomic mass is 16.3. The van der Waals surface area contributed by atoms with Crippen LogP contribution in [0.5, 0.6) is 0 Å². The first kappa shape index (κ1) is 31.8. The molecule has 0 aromatic carbocycles. The van der Waals surface area contributed by atoms with Gasteiger partial charge in [-0.3, -0.25) is 4.79 Å². The molecule has 0 saturated heterocycles. The minimum atomic E-state index is -1.28. The molecule has 6 heteroatoms. The topological polar surface area (TPSA) is 118 Å². The molecule has 252 valence electrons. The van der Waals surface area contributed by atoms with Gasteiger partial charge in [0.05, 0.1) is 29.8 Å². The van der Waals surface area contributed by atoms with Crippen molar-refractivity contribution in [1.29, 1.82) is 0 Å². The van der Waals surface area contributed by atoms with Gasteiger partial charge in [0.15, 0.2) is 5.78 Å². The number of aliphatic hydroxyl groups excluding tert-OH is 4. The van der Waals surface area contributed by atoms with Gasteiger partial charge < -0.3 is 25.5 Å². The molecule has 0 amide bonds. The third kappa shape index (κ3) is 3.28. The van der Waals surface area contributed by atoms with Crippen molar-refractivity contribution < 1.29 is 30.3 Å². The summed E-state index contributed by atoms with van der Waals surface area (Å²) in [5, 5.41) is 58.5. The fourth-order valence-electron chi connectivity index (χ4n) is 15.5. The second kappa shape index (κ2) is 9.39. The van der Waals surface area contributed by atoms with Gasteiger partial charge in [-0.1, -0.05) is 64.7 Å². The maximum absolute atomic E-state index is 15.0. The van der Waals surface area contributed by atoms with Crippen LogP contribution in [-0.2, 0) is 4.79 Å². The van der Waals surface area contributed by atoms with E-state index in [1.807, 2.05) is 13.0 Å². The smallest absolute Gasteiger partial charge is 0.159 e. The SMILES string of the molecule is C[C@@]12CCC#C[C@H](O)[C@]34[C@H](C1)C1=CC(=O)[C@@H]5[C@@]6(C)CC[C@H](O)[C@@](C)([C@H](O)CO)[C@H]6CC[C@@]5(C)[C@]1(C)C[C@@]3(O)C=C[C@@H]1CCC[C@]14C2. The second-order valence-electron chi connectivity index (χ2n) is 18.9. The lowest BCUT2D eigenvalue weighted by atomic mass is 9.27. The van der Waals surface area contributed by atoms with Crippen LogP contribution in [-0.4, -0.2) is 61.8 Å². The standard InChI is InChI=1S/C40H56O6/c1-33-14-7-6-10-30(44)40-26(20-33)25-19-27(42)32-34(2)16-13-29(43)37(5,31(45)21-41)28(34)12-17-35(32,3)36(25,4)23-39(40,46)18-11-24-9-8-15-38(24,40)22-33/h11,18-19,24,26,28-32,41,43-46H,7-9,12-17,20-23H2,1-5H3/t24-,26+,28-,29-,30-,31+,32+,33+,34-,35+,36+,37-,38-,39-,40-/m0/s1. The Balaban J connectivity index is 1.35. The Kier molecular flexibility index (Phi) is 6.48. The van der Waals surface area contributed by atoms with E-state index in [1.54, 1.807) is 0 Å². The summed E-state index contributed by atoms with van der Waals surface area (Å²) >= 11 is 0. The summed E-state index contributed by atoms with van der Waals surface area (Å²) in [7, 11) is 0. The molecule has 2 spiro atoms. The van der Waals surface area contributed by atoms with Crippen LogP contribution in [0.4, 0.5) is 0 Å². The van der Waals surface area contributed by atoms with Crippen LogP contribution in [0.3, 0.4) is 0 Å². The van der Waals surface area contributed by atoms with Crippen LogP contribution in [0.2, 0.25) is 0 Å². The molecule has 5 saturated carbocycles. The maximum atomic E-state index is 15.0. The molecule has 5 fully saturated rings. The van der Waals surface area contributed by atoms with E-state index < -0.39 is 57.6 Å². The zero-order valence-corrected chi connectivity index (χ0v) is 28.6. The predicted molar refractivity (Wildman–Crippen MR) is 175 cm³/mol. The van der Waals surface area contributed by atoms with Gasteiger partial charge in [0.1, 0.15) is 6.10 Å². The molecule has 0 heterocycles. The van der Waals surface area contributed by atoms with E-state index in [9.17, 15) is 25.5 Å². The highest BCUT2D eigenvalue weighted by molar-refractivity contribution is 5.96. The average molecular weight is 633 g/mol. The van der Waals surface area contributed by atoms with Crippen LogP contribution < -0.4 is 0 Å². The first-order valence-corrected chi connectivity index (χ1v) is 18.3. The number of carbonyl (C=O) groups is 1. The Hall–Kier alpha value is -1.49. The lowest BCUT2D eigenvalue weighted by Gasteiger charge is -2.77. The van der Waals surface area contributed by atoms with E-state index in [-0.39, 0.29) is 40.3 Å². The largest absolute Gasteiger partial charge is 0.394 e. The average Bonchev–Trinajstić information content (AvgIpc) is 3.42. The van der Waals surface area contributed by atoms with Crippen molar-refractivity contribution in [2.75, 3.05) is 6.61 Å². The van der Waals surface area contributed by atoms with Crippen LogP contribution in [0.25, 0.3) is 0 Å². The van der Waals surface area contributed by atoms with Crippen molar-refractivity contribution in [3.8, 4) is 11.8 Å². The molecule has 5 N–H and O–H groups in total. The molecule has 0 radical (unpaired) electrons. The number of aliphatic hydroxyl groups is 5. The molecule has 9 aliphatic carbocycles. The van der Waals surface area contributed by atoms with E-state index in [0.717, 1.165) is 63.4 Å². The van der Waals surface area contributed by atoms with Crippen molar-refractivity contribution in [3.63, 3.8) is 0 Å². The molecular weight excluding hydrogens is 576 g/mol. The number of allylic oxidation sites excluding steroid dienone is 3. The van der Waals surface area contributed by atoms with Gasteiger partial charge in [0, 0.05) is 17.8 Å². The van der Waals surface area contributed by atoms with E-state index in [0.29, 0.717) is 19.3 Å². The minimum absolute atomic E-state index is 0.00707. The first-order valence-electron chi connectivity index (χ1n) is 18.3. The summed E-state index contributed by atoms with van der Waals surface area (Å²) in [4.78, 5) is 15.0.